The first kappa shape index (κ1) is 27.3. The lowest BCUT2D eigenvalue weighted by Gasteiger charge is -2.16. The Morgan fingerprint density at radius 1 is 1.03 bits per heavy atom. The maximum atomic E-state index is 12.8. The molecule has 0 spiro atoms. The summed E-state index contributed by atoms with van der Waals surface area (Å²) in [5, 5.41) is 3.59. The number of amides is 1. The van der Waals surface area contributed by atoms with Crippen molar-refractivity contribution in [3.8, 4) is 17.2 Å². The van der Waals surface area contributed by atoms with Gasteiger partial charge in [0.25, 0.3) is 0 Å². The summed E-state index contributed by atoms with van der Waals surface area (Å²) in [5.74, 6) is 2.92. The van der Waals surface area contributed by atoms with Gasteiger partial charge in [-0.05, 0) is 42.5 Å². The molecule has 1 atom stereocenters. The van der Waals surface area contributed by atoms with Crippen LogP contribution in [0.4, 0.5) is 0 Å². The van der Waals surface area contributed by atoms with Crippen molar-refractivity contribution < 1.29 is 19.0 Å². The summed E-state index contributed by atoms with van der Waals surface area (Å²) < 4.78 is 18.3. The zero-order chi connectivity index (χ0) is 27.1. The number of hydrogen-bond acceptors (Lipinski definition) is 6. The van der Waals surface area contributed by atoms with Crippen molar-refractivity contribution in [3.63, 3.8) is 0 Å². The molecule has 0 saturated carbocycles. The van der Waals surface area contributed by atoms with Crippen molar-refractivity contribution in [1.29, 1.82) is 0 Å². The quantitative estimate of drug-likeness (QED) is 0.260. The molecule has 8 nitrogen and oxygen atoms in total. The third kappa shape index (κ3) is 6.19. The first-order valence-corrected chi connectivity index (χ1v) is 12.9. The fraction of sp³-hybridized carbons (Fsp3) is 0.345. The van der Waals surface area contributed by atoms with Crippen LogP contribution in [0.15, 0.2) is 54.9 Å². The molecule has 2 aromatic heterocycles. The van der Waals surface area contributed by atoms with E-state index in [0.717, 1.165) is 46.6 Å². The number of ether oxygens (including phenoxy) is 3. The third-order valence-corrected chi connectivity index (χ3v) is 7.01. The average Bonchev–Trinajstić information content (AvgIpc) is 3.29. The van der Waals surface area contributed by atoms with Crippen molar-refractivity contribution in [2.24, 2.45) is 5.92 Å². The number of aromatic nitrogens is 3. The Kier molecular flexibility index (Phi) is 9.07. The highest BCUT2D eigenvalue weighted by Crippen LogP contribution is 2.38. The molecule has 1 amide bonds. The highest BCUT2D eigenvalue weighted by Gasteiger charge is 2.17. The fourth-order valence-corrected chi connectivity index (χ4v) is 4.87. The standard InChI is InChI=1S/C29H33ClN4O4/c1-19(15-20-10-11-25(37-3)29(38-4)28(20)30)9-12-27(35)32-17-26-33-22-16-31-14-13-23(22)34(26)18-21-7-5-6-8-24(21)36-2/h5-8,10-11,13-14,16,19H,9,12,15,17-18H2,1-4H3,(H,32,35). The van der Waals surface area contributed by atoms with Crippen LogP contribution >= 0.6 is 11.6 Å². The van der Waals surface area contributed by atoms with E-state index in [-0.39, 0.29) is 11.8 Å². The number of nitrogens with zero attached hydrogens (tertiary/aromatic N) is 3. The molecular formula is C29H33ClN4O4. The lowest BCUT2D eigenvalue weighted by molar-refractivity contribution is -0.121. The van der Waals surface area contributed by atoms with Crippen LogP contribution in [0.2, 0.25) is 5.02 Å². The molecule has 0 radical (unpaired) electrons. The lowest BCUT2D eigenvalue weighted by Crippen LogP contribution is -2.25. The van der Waals surface area contributed by atoms with Gasteiger partial charge >= 0.3 is 0 Å². The molecule has 0 aliphatic rings. The van der Waals surface area contributed by atoms with Crippen LogP contribution < -0.4 is 19.5 Å². The van der Waals surface area contributed by atoms with Gasteiger partial charge in [-0.25, -0.2) is 4.98 Å². The SMILES string of the molecule is COc1ccccc1Cn1c(CNC(=O)CCC(C)Cc2ccc(OC)c(OC)c2Cl)nc2cnccc21. The normalized spacial score (nSPS) is 11.8. The summed E-state index contributed by atoms with van der Waals surface area (Å²) in [4.78, 5) is 21.7. The monoisotopic (exact) mass is 536 g/mol. The van der Waals surface area contributed by atoms with Crippen LogP contribution in [0.1, 0.15) is 36.7 Å². The number of methoxy groups -OCH3 is 3. The molecule has 0 aliphatic heterocycles. The summed E-state index contributed by atoms with van der Waals surface area (Å²) in [6.45, 7) is 3.00. The molecule has 0 fully saturated rings. The number of pyridine rings is 1. The number of nitrogens with one attached hydrogen (secondary N) is 1. The molecular weight excluding hydrogens is 504 g/mol. The smallest absolute Gasteiger partial charge is 0.220 e. The summed E-state index contributed by atoms with van der Waals surface area (Å²) in [6.07, 6.45) is 5.34. The molecule has 4 aromatic rings. The fourth-order valence-electron chi connectivity index (χ4n) is 4.56. The van der Waals surface area contributed by atoms with Crippen LogP contribution in [-0.4, -0.2) is 41.8 Å². The molecule has 2 aromatic carbocycles. The number of fused-ring (bicyclic) bond motifs is 1. The molecule has 4 rings (SSSR count). The number of carbonyl (C=O) groups excluding carboxylic acids is 1. The van der Waals surface area contributed by atoms with Crippen molar-refractivity contribution in [1.82, 2.24) is 19.9 Å². The number of rotatable bonds is 12. The predicted molar refractivity (Wildman–Crippen MR) is 148 cm³/mol. The molecule has 0 aliphatic carbocycles. The van der Waals surface area contributed by atoms with Crippen molar-refractivity contribution in [2.75, 3.05) is 21.3 Å². The Hall–Kier alpha value is -3.78. The van der Waals surface area contributed by atoms with Crippen molar-refractivity contribution >= 4 is 28.5 Å². The summed E-state index contributed by atoms with van der Waals surface area (Å²) in [7, 11) is 4.82. The van der Waals surface area contributed by atoms with E-state index in [9.17, 15) is 4.79 Å². The van der Waals surface area contributed by atoms with E-state index < -0.39 is 0 Å². The number of imidazole rings is 1. The average molecular weight is 537 g/mol. The third-order valence-electron chi connectivity index (χ3n) is 6.59. The minimum absolute atomic E-state index is 0.0238. The highest BCUT2D eigenvalue weighted by molar-refractivity contribution is 6.33. The maximum Gasteiger partial charge on any atom is 0.220 e. The number of carbonyl (C=O) groups is 1. The molecule has 0 saturated heterocycles. The van der Waals surface area contributed by atoms with Crippen LogP contribution in [0.5, 0.6) is 17.2 Å². The Labute approximate surface area is 227 Å². The van der Waals surface area contributed by atoms with E-state index >= 15 is 0 Å². The molecule has 0 bridgehead atoms. The van der Waals surface area contributed by atoms with Crippen molar-refractivity contribution in [3.05, 3.63) is 76.8 Å². The van der Waals surface area contributed by atoms with E-state index in [2.05, 4.69) is 21.8 Å². The predicted octanol–water partition coefficient (Wildman–Crippen LogP) is 5.43. The molecule has 2 heterocycles. The minimum atomic E-state index is -0.0238. The van der Waals surface area contributed by atoms with E-state index in [1.165, 1.54) is 0 Å². The lowest BCUT2D eigenvalue weighted by atomic mass is 9.96. The Balaban J connectivity index is 1.39. The molecule has 9 heteroatoms. The zero-order valence-corrected chi connectivity index (χ0v) is 22.9. The molecule has 1 N–H and O–H groups in total. The summed E-state index contributed by atoms with van der Waals surface area (Å²) in [6, 6.07) is 13.6. The van der Waals surface area contributed by atoms with Gasteiger partial charge in [-0.15, -0.1) is 0 Å². The van der Waals surface area contributed by atoms with Crippen LogP contribution in [0.25, 0.3) is 11.0 Å². The van der Waals surface area contributed by atoms with Crippen LogP contribution in [-0.2, 0) is 24.3 Å². The van der Waals surface area contributed by atoms with E-state index in [1.807, 2.05) is 42.5 Å². The second kappa shape index (κ2) is 12.6. The van der Waals surface area contributed by atoms with Gasteiger partial charge in [-0.1, -0.05) is 42.8 Å². The van der Waals surface area contributed by atoms with E-state index in [4.69, 9.17) is 30.8 Å². The van der Waals surface area contributed by atoms with Gasteiger partial charge < -0.3 is 24.1 Å². The highest BCUT2D eigenvalue weighted by atomic mass is 35.5. The van der Waals surface area contributed by atoms with Crippen LogP contribution in [0.3, 0.4) is 0 Å². The first-order chi connectivity index (χ1) is 18.4. The van der Waals surface area contributed by atoms with E-state index in [0.29, 0.717) is 36.0 Å². The zero-order valence-electron chi connectivity index (χ0n) is 22.2. The minimum Gasteiger partial charge on any atom is -0.496 e. The Bertz CT molecular complexity index is 1400. The van der Waals surface area contributed by atoms with E-state index in [1.54, 1.807) is 33.7 Å². The summed E-state index contributed by atoms with van der Waals surface area (Å²) in [5.41, 5.74) is 3.74. The van der Waals surface area contributed by atoms with Gasteiger partial charge in [0.1, 0.15) is 17.1 Å². The van der Waals surface area contributed by atoms with Gasteiger partial charge in [0.2, 0.25) is 5.91 Å². The van der Waals surface area contributed by atoms with Gasteiger partial charge in [-0.2, -0.15) is 0 Å². The Morgan fingerprint density at radius 2 is 1.82 bits per heavy atom. The second-order valence-electron chi connectivity index (χ2n) is 9.19. The number of hydrogen-bond donors (Lipinski definition) is 1. The van der Waals surface area contributed by atoms with Gasteiger partial charge in [0.05, 0.1) is 51.2 Å². The topological polar surface area (TPSA) is 87.5 Å². The second-order valence-corrected chi connectivity index (χ2v) is 9.57. The van der Waals surface area contributed by atoms with Gasteiger partial charge in [-0.3, -0.25) is 9.78 Å². The number of para-hydroxylation sites is 1. The Morgan fingerprint density at radius 3 is 2.58 bits per heavy atom. The largest absolute Gasteiger partial charge is 0.496 e. The number of halogens is 1. The van der Waals surface area contributed by atoms with Crippen molar-refractivity contribution in [2.45, 2.75) is 39.3 Å². The van der Waals surface area contributed by atoms with Crippen LogP contribution in [0, 0.1) is 5.92 Å². The molecule has 38 heavy (non-hydrogen) atoms. The van der Waals surface area contributed by atoms with Gasteiger partial charge in [0, 0.05) is 18.2 Å². The maximum absolute atomic E-state index is 12.8. The number of benzene rings is 2. The first-order valence-electron chi connectivity index (χ1n) is 12.5. The molecule has 200 valence electrons. The summed E-state index contributed by atoms with van der Waals surface area (Å²) >= 11 is 6.54. The molecule has 1 unspecified atom stereocenters. The van der Waals surface area contributed by atoms with Gasteiger partial charge in [0.15, 0.2) is 11.5 Å².